The first-order valence-electron chi connectivity index (χ1n) is 8.70. The fraction of sp³-hybridized carbons (Fsp3) is 0.941. The molecule has 1 amide bonds. The highest BCUT2D eigenvalue weighted by molar-refractivity contribution is 5.76. The molecule has 0 aromatic heterocycles. The van der Waals surface area contributed by atoms with Gasteiger partial charge in [-0.2, -0.15) is 0 Å². The molecule has 0 aliphatic heterocycles. The average Bonchev–Trinajstić information content (AvgIpc) is 2.91. The molecule has 0 aromatic carbocycles. The Bertz CT molecular complexity index is 296. The van der Waals surface area contributed by atoms with Crippen LogP contribution in [-0.2, 0) is 4.79 Å². The van der Waals surface area contributed by atoms with Gasteiger partial charge in [-0.15, -0.1) is 0 Å². The molecule has 0 unspecified atom stereocenters. The summed E-state index contributed by atoms with van der Waals surface area (Å²) in [5, 5.41) is 3.61. The van der Waals surface area contributed by atoms with Crippen molar-refractivity contribution in [2.45, 2.75) is 77.7 Å². The van der Waals surface area contributed by atoms with Crippen LogP contribution in [0.4, 0.5) is 0 Å². The maximum atomic E-state index is 11.9. The van der Waals surface area contributed by atoms with Crippen LogP contribution < -0.4 is 5.32 Å². The van der Waals surface area contributed by atoms with Crippen LogP contribution in [0, 0.1) is 5.41 Å². The first-order valence-corrected chi connectivity index (χ1v) is 8.70. The van der Waals surface area contributed by atoms with Crippen molar-refractivity contribution in [2.24, 2.45) is 5.41 Å². The molecule has 2 rings (SSSR count). The van der Waals surface area contributed by atoms with Gasteiger partial charge in [0.25, 0.3) is 0 Å². The van der Waals surface area contributed by atoms with Crippen molar-refractivity contribution in [2.75, 3.05) is 19.6 Å². The molecule has 2 fully saturated rings. The van der Waals surface area contributed by atoms with Gasteiger partial charge in [0, 0.05) is 32.1 Å². The van der Waals surface area contributed by atoms with Gasteiger partial charge in [0.15, 0.2) is 0 Å². The van der Waals surface area contributed by atoms with Crippen molar-refractivity contribution < 1.29 is 4.79 Å². The Morgan fingerprint density at radius 1 is 1.10 bits per heavy atom. The molecule has 2 saturated carbocycles. The summed E-state index contributed by atoms with van der Waals surface area (Å²) in [5.41, 5.74) is 0.717. The molecule has 0 bridgehead atoms. The van der Waals surface area contributed by atoms with Gasteiger partial charge < -0.3 is 10.2 Å². The van der Waals surface area contributed by atoms with Crippen LogP contribution in [0.25, 0.3) is 0 Å². The second-order valence-corrected chi connectivity index (χ2v) is 6.75. The zero-order valence-electron chi connectivity index (χ0n) is 13.4. The molecule has 1 spiro atoms. The SMILES string of the molecule is CCN(CC)C(=O)CCNC1CCC2(CCCC2)CC1. The minimum absolute atomic E-state index is 0.297. The Hall–Kier alpha value is -0.570. The normalized spacial score (nSPS) is 22.3. The van der Waals surface area contributed by atoms with Crippen LogP contribution in [0.1, 0.15) is 71.6 Å². The molecular formula is C17H32N2O. The van der Waals surface area contributed by atoms with Crippen LogP contribution in [0.15, 0.2) is 0 Å². The molecule has 2 aliphatic rings. The zero-order chi connectivity index (χ0) is 14.4. The highest BCUT2D eigenvalue weighted by Gasteiger charge is 2.37. The number of amides is 1. The minimum Gasteiger partial charge on any atom is -0.343 e. The molecule has 116 valence electrons. The van der Waals surface area contributed by atoms with Crippen molar-refractivity contribution in [3.63, 3.8) is 0 Å². The van der Waals surface area contributed by atoms with E-state index in [1.165, 1.54) is 51.4 Å². The summed E-state index contributed by atoms with van der Waals surface area (Å²) in [6.07, 6.45) is 12.0. The summed E-state index contributed by atoms with van der Waals surface area (Å²) in [6, 6.07) is 0.658. The third-order valence-corrected chi connectivity index (χ3v) is 5.60. The summed E-state index contributed by atoms with van der Waals surface area (Å²) in [7, 11) is 0. The smallest absolute Gasteiger partial charge is 0.223 e. The summed E-state index contributed by atoms with van der Waals surface area (Å²) in [4.78, 5) is 13.9. The van der Waals surface area contributed by atoms with E-state index in [0.717, 1.165) is 25.0 Å². The number of hydrogen-bond donors (Lipinski definition) is 1. The van der Waals surface area contributed by atoms with E-state index in [4.69, 9.17) is 0 Å². The predicted molar refractivity (Wildman–Crippen MR) is 83.7 cm³/mol. The number of carbonyl (C=O) groups is 1. The van der Waals surface area contributed by atoms with Gasteiger partial charge >= 0.3 is 0 Å². The highest BCUT2D eigenvalue weighted by Crippen LogP contribution is 2.48. The quantitative estimate of drug-likeness (QED) is 0.809. The van der Waals surface area contributed by atoms with E-state index in [0.29, 0.717) is 18.4 Å². The predicted octanol–water partition coefficient (Wildman–Crippen LogP) is 3.34. The van der Waals surface area contributed by atoms with E-state index in [-0.39, 0.29) is 0 Å². The molecule has 3 nitrogen and oxygen atoms in total. The number of nitrogens with one attached hydrogen (secondary N) is 1. The van der Waals surface area contributed by atoms with Crippen LogP contribution in [0.3, 0.4) is 0 Å². The van der Waals surface area contributed by atoms with Crippen LogP contribution >= 0.6 is 0 Å². The molecule has 0 saturated heterocycles. The fourth-order valence-corrected chi connectivity index (χ4v) is 4.18. The molecule has 1 N–H and O–H groups in total. The lowest BCUT2D eigenvalue weighted by Gasteiger charge is -2.37. The van der Waals surface area contributed by atoms with Crippen LogP contribution in [0.5, 0.6) is 0 Å². The van der Waals surface area contributed by atoms with Gasteiger partial charge in [0.1, 0.15) is 0 Å². The third kappa shape index (κ3) is 3.97. The first kappa shape index (κ1) is 15.8. The highest BCUT2D eigenvalue weighted by atomic mass is 16.2. The van der Waals surface area contributed by atoms with E-state index in [9.17, 15) is 4.79 Å². The van der Waals surface area contributed by atoms with E-state index in [2.05, 4.69) is 19.2 Å². The largest absolute Gasteiger partial charge is 0.343 e. The van der Waals surface area contributed by atoms with Gasteiger partial charge in [-0.05, 0) is 57.8 Å². The Kier molecular flexibility index (Phi) is 5.88. The Labute approximate surface area is 124 Å². The second kappa shape index (κ2) is 7.44. The second-order valence-electron chi connectivity index (χ2n) is 6.75. The van der Waals surface area contributed by atoms with Gasteiger partial charge in [-0.3, -0.25) is 4.79 Å². The minimum atomic E-state index is 0.297. The molecule has 20 heavy (non-hydrogen) atoms. The molecule has 3 heteroatoms. The molecule has 0 atom stereocenters. The van der Waals surface area contributed by atoms with Gasteiger partial charge in [0.05, 0.1) is 0 Å². The first-order chi connectivity index (χ1) is 9.69. The number of hydrogen-bond acceptors (Lipinski definition) is 2. The summed E-state index contributed by atoms with van der Waals surface area (Å²) in [5.74, 6) is 0.297. The molecule has 0 radical (unpaired) electrons. The monoisotopic (exact) mass is 280 g/mol. The molecule has 2 aliphatic carbocycles. The van der Waals surface area contributed by atoms with Crippen molar-refractivity contribution >= 4 is 5.91 Å². The van der Waals surface area contributed by atoms with Crippen LogP contribution in [-0.4, -0.2) is 36.5 Å². The lowest BCUT2D eigenvalue weighted by atomic mass is 9.71. The summed E-state index contributed by atoms with van der Waals surface area (Å²) >= 11 is 0. The maximum Gasteiger partial charge on any atom is 0.223 e. The summed E-state index contributed by atoms with van der Waals surface area (Å²) < 4.78 is 0. The van der Waals surface area contributed by atoms with E-state index in [1.807, 2.05) is 4.90 Å². The number of carbonyl (C=O) groups excluding carboxylic acids is 1. The topological polar surface area (TPSA) is 32.3 Å². The van der Waals surface area contributed by atoms with Crippen molar-refractivity contribution in [3.05, 3.63) is 0 Å². The zero-order valence-corrected chi connectivity index (χ0v) is 13.4. The Morgan fingerprint density at radius 3 is 2.25 bits per heavy atom. The van der Waals surface area contributed by atoms with Crippen LogP contribution in [0.2, 0.25) is 0 Å². The van der Waals surface area contributed by atoms with E-state index < -0.39 is 0 Å². The fourth-order valence-electron chi connectivity index (χ4n) is 4.18. The Balaban J connectivity index is 1.62. The van der Waals surface area contributed by atoms with Gasteiger partial charge in [-0.1, -0.05) is 12.8 Å². The Morgan fingerprint density at radius 2 is 1.70 bits per heavy atom. The lowest BCUT2D eigenvalue weighted by molar-refractivity contribution is -0.130. The van der Waals surface area contributed by atoms with Gasteiger partial charge in [0.2, 0.25) is 5.91 Å². The van der Waals surface area contributed by atoms with E-state index in [1.54, 1.807) is 0 Å². The number of nitrogens with zero attached hydrogens (tertiary/aromatic N) is 1. The molecule has 0 aromatic rings. The molecular weight excluding hydrogens is 248 g/mol. The van der Waals surface area contributed by atoms with Crippen molar-refractivity contribution in [3.8, 4) is 0 Å². The maximum absolute atomic E-state index is 11.9. The van der Waals surface area contributed by atoms with Gasteiger partial charge in [-0.25, -0.2) is 0 Å². The number of rotatable bonds is 6. The lowest BCUT2D eigenvalue weighted by Crippen LogP contribution is -2.39. The summed E-state index contributed by atoms with van der Waals surface area (Å²) in [6.45, 7) is 6.63. The third-order valence-electron chi connectivity index (χ3n) is 5.60. The van der Waals surface area contributed by atoms with E-state index >= 15 is 0 Å². The standard InChI is InChI=1S/C17H32N2O/c1-3-19(4-2)16(20)9-14-18-15-7-12-17(13-8-15)10-5-6-11-17/h15,18H,3-14H2,1-2H3. The average molecular weight is 280 g/mol. The van der Waals surface area contributed by atoms with Crippen molar-refractivity contribution in [1.29, 1.82) is 0 Å². The van der Waals surface area contributed by atoms with Crippen molar-refractivity contribution in [1.82, 2.24) is 10.2 Å². The molecule has 0 heterocycles.